The lowest BCUT2D eigenvalue weighted by Gasteiger charge is -2.28. The van der Waals surface area contributed by atoms with Crippen LogP contribution in [0.2, 0.25) is 5.02 Å². The maximum atomic E-state index is 12.6. The van der Waals surface area contributed by atoms with Gasteiger partial charge in [-0.3, -0.25) is 19.8 Å². The Morgan fingerprint density at radius 2 is 2.15 bits per heavy atom. The SMILES string of the molecule is CO/N=C/[C@@H]1C(=O)NC(=O)N(CCNc2ncc(C(F)(F)F)cc2Cl)C1=O. The third-order valence-electron chi connectivity index (χ3n) is 3.40. The van der Waals surface area contributed by atoms with E-state index in [1.807, 2.05) is 5.32 Å². The number of hydrogen-bond acceptors (Lipinski definition) is 7. The van der Waals surface area contributed by atoms with Crippen molar-refractivity contribution in [3.63, 3.8) is 0 Å². The number of barbiturate groups is 1. The van der Waals surface area contributed by atoms with E-state index in [-0.39, 0.29) is 23.9 Å². The fraction of sp³-hybridized carbons (Fsp3) is 0.357. The van der Waals surface area contributed by atoms with Crippen molar-refractivity contribution in [2.24, 2.45) is 11.1 Å². The van der Waals surface area contributed by atoms with Crippen molar-refractivity contribution >= 4 is 41.5 Å². The number of hydrogen-bond donors (Lipinski definition) is 2. The van der Waals surface area contributed by atoms with Crippen molar-refractivity contribution in [1.29, 1.82) is 0 Å². The van der Waals surface area contributed by atoms with Gasteiger partial charge in [-0.15, -0.1) is 0 Å². The highest BCUT2D eigenvalue weighted by atomic mass is 35.5. The first kappa shape index (κ1) is 20.4. The fourth-order valence-electron chi connectivity index (χ4n) is 2.10. The van der Waals surface area contributed by atoms with E-state index < -0.39 is 35.5 Å². The van der Waals surface area contributed by atoms with Crippen molar-refractivity contribution in [2.75, 3.05) is 25.5 Å². The topological polar surface area (TPSA) is 113 Å². The van der Waals surface area contributed by atoms with Crippen LogP contribution in [0.1, 0.15) is 5.56 Å². The molecule has 0 bridgehead atoms. The van der Waals surface area contributed by atoms with Crippen LogP contribution in [0.3, 0.4) is 0 Å². The fourth-order valence-corrected chi connectivity index (χ4v) is 2.34. The number of oxime groups is 1. The first-order valence-corrected chi connectivity index (χ1v) is 7.72. The van der Waals surface area contributed by atoms with E-state index in [9.17, 15) is 27.6 Å². The summed E-state index contributed by atoms with van der Waals surface area (Å²) in [7, 11) is 1.22. The van der Waals surface area contributed by atoms with Gasteiger partial charge in [0.2, 0.25) is 11.8 Å². The summed E-state index contributed by atoms with van der Waals surface area (Å²) in [6.07, 6.45) is -3.04. The summed E-state index contributed by atoms with van der Waals surface area (Å²) in [5.41, 5.74) is -1.01. The zero-order valence-electron chi connectivity index (χ0n) is 13.7. The van der Waals surface area contributed by atoms with Crippen molar-refractivity contribution in [1.82, 2.24) is 15.2 Å². The van der Waals surface area contributed by atoms with Crippen molar-refractivity contribution < 1.29 is 32.4 Å². The van der Waals surface area contributed by atoms with Crippen LogP contribution >= 0.6 is 11.6 Å². The molecule has 4 amide bonds. The Hall–Kier alpha value is -2.89. The molecule has 1 saturated heterocycles. The summed E-state index contributed by atoms with van der Waals surface area (Å²) in [5, 5.41) is 7.68. The molecule has 1 aliphatic heterocycles. The van der Waals surface area contributed by atoms with E-state index in [0.717, 1.165) is 11.1 Å². The monoisotopic (exact) mass is 407 g/mol. The van der Waals surface area contributed by atoms with E-state index in [0.29, 0.717) is 12.3 Å². The molecule has 0 saturated carbocycles. The van der Waals surface area contributed by atoms with Gasteiger partial charge in [0.15, 0.2) is 5.92 Å². The number of aromatic nitrogens is 1. The average Bonchev–Trinajstić information content (AvgIpc) is 2.57. The number of nitrogens with zero attached hydrogens (tertiary/aromatic N) is 3. The number of halogens is 4. The van der Waals surface area contributed by atoms with Crippen LogP contribution in [-0.4, -0.2) is 54.1 Å². The minimum Gasteiger partial charge on any atom is -0.399 e. The summed E-state index contributed by atoms with van der Waals surface area (Å²) >= 11 is 5.75. The zero-order chi connectivity index (χ0) is 20.2. The molecule has 27 heavy (non-hydrogen) atoms. The molecule has 0 aromatic carbocycles. The number of imide groups is 2. The van der Waals surface area contributed by atoms with Gasteiger partial charge in [0, 0.05) is 19.3 Å². The van der Waals surface area contributed by atoms with E-state index in [1.165, 1.54) is 7.11 Å². The summed E-state index contributed by atoms with van der Waals surface area (Å²) in [6.45, 7) is -0.270. The van der Waals surface area contributed by atoms with Crippen LogP contribution in [0, 0.1) is 5.92 Å². The average molecular weight is 408 g/mol. The first-order valence-electron chi connectivity index (χ1n) is 7.34. The Morgan fingerprint density at radius 1 is 1.44 bits per heavy atom. The minimum absolute atomic E-state index is 0.0527. The molecule has 0 spiro atoms. The molecule has 1 fully saturated rings. The number of rotatable bonds is 6. The molecule has 2 rings (SSSR count). The van der Waals surface area contributed by atoms with Gasteiger partial charge < -0.3 is 10.2 Å². The van der Waals surface area contributed by atoms with E-state index >= 15 is 0 Å². The van der Waals surface area contributed by atoms with Crippen LogP contribution in [0.4, 0.5) is 23.8 Å². The maximum absolute atomic E-state index is 12.6. The highest BCUT2D eigenvalue weighted by molar-refractivity contribution is 6.33. The quantitative estimate of drug-likeness (QED) is 0.419. The molecule has 0 aliphatic carbocycles. The molecule has 1 atom stereocenters. The highest BCUT2D eigenvalue weighted by Gasteiger charge is 2.39. The van der Waals surface area contributed by atoms with Gasteiger partial charge in [0.25, 0.3) is 0 Å². The second-order valence-corrected chi connectivity index (χ2v) is 5.59. The molecule has 13 heteroatoms. The standard InChI is InChI=1S/C14H13ClF3N5O4/c1-27-21-6-8-11(24)22-13(26)23(12(8)25)3-2-19-10-9(15)4-7(5-20-10)14(16,17)18/h4-6,8H,2-3H2,1H3,(H,19,20)(H,22,24,26)/b21-6+/t8-/m1/s1. The highest BCUT2D eigenvalue weighted by Crippen LogP contribution is 2.32. The third-order valence-corrected chi connectivity index (χ3v) is 3.69. The van der Waals surface area contributed by atoms with Crippen LogP contribution in [0.5, 0.6) is 0 Å². The Morgan fingerprint density at radius 3 is 2.74 bits per heavy atom. The van der Waals surface area contributed by atoms with Crippen LogP contribution in [0.15, 0.2) is 17.4 Å². The largest absolute Gasteiger partial charge is 0.417 e. The smallest absolute Gasteiger partial charge is 0.399 e. The first-order chi connectivity index (χ1) is 12.6. The lowest BCUT2D eigenvalue weighted by Crippen LogP contribution is -2.59. The van der Waals surface area contributed by atoms with Crippen LogP contribution < -0.4 is 10.6 Å². The normalized spacial score (nSPS) is 18.0. The molecular weight excluding hydrogens is 395 g/mol. The molecule has 1 aliphatic rings. The molecule has 1 aromatic rings. The molecule has 1 aromatic heterocycles. The molecule has 9 nitrogen and oxygen atoms in total. The van der Waals surface area contributed by atoms with Gasteiger partial charge in [-0.1, -0.05) is 16.8 Å². The molecule has 2 N–H and O–H groups in total. The minimum atomic E-state index is -4.58. The van der Waals surface area contributed by atoms with Crippen LogP contribution in [0.25, 0.3) is 0 Å². The van der Waals surface area contributed by atoms with Gasteiger partial charge in [-0.25, -0.2) is 9.78 Å². The molecule has 0 unspecified atom stereocenters. The number of urea groups is 1. The second kappa shape index (κ2) is 8.20. The summed E-state index contributed by atoms with van der Waals surface area (Å²) in [5.74, 6) is -3.06. The van der Waals surface area contributed by atoms with Gasteiger partial charge in [0.05, 0.1) is 16.8 Å². The predicted molar refractivity (Wildman–Crippen MR) is 87.0 cm³/mol. The number of alkyl halides is 3. The Labute approximate surface area is 155 Å². The molecule has 146 valence electrons. The third kappa shape index (κ3) is 4.84. The summed E-state index contributed by atoms with van der Waals surface area (Å²) < 4.78 is 37.7. The number of pyridine rings is 1. The summed E-state index contributed by atoms with van der Waals surface area (Å²) in [4.78, 5) is 44.4. The molecule has 0 radical (unpaired) electrons. The van der Waals surface area contributed by atoms with Gasteiger partial charge in [-0.05, 0) is 6.07 Å². The predicted octanol–water partition coefficient (Wildman–Crippen LogP) is 1.49. The Bertz CT molecular complexity index is 787. The van der Waals surface area contributed by atoms with Crippen molar-refractivity contribution in [2.45, 2.75) is 6.18 Å². The molecule has 2 heterocycles. The Balaban J connectivity index is 2.01. The number of nitrogens with one attached hydrogen (secondary N) is 2. The number of amides is 4. The van der Waals surface area contributed by atoms with E-state index in [4.69, 9.17) is 11.6 Å². The van der Waals surface area contributed by atoms with E-state index in [2.05, 4.69) is 20.3 Å². The second-order valence-electron chi connectivity index (χ2n) is 5.18. The number of carbonyl (C=O) groups excluding carboxylic acids is 3. The zero-order valence-corrected chi connectivity index (χ0v) is 14.5. The summed E-state index contributed by atoms with van der Waals surface area (Å²) in [6, 6.07) is -0.230. The number of anilines is 1. The van der Waals surface area contributed by atoms with Crippen LogP contribution in [-0.2, 0) is 20.6 Å². The van der Waals surface area contributed by atoms with Crippen molar-refractivity contribution in [3.05, 3.63) is 22.8 Å². The van der Waals surface area contributed by atoms with Gasteiger partial charge >= 0.3 is 12.2 Å². The maximum Gasteiger partial charge on any atom is 0.417 e. The lowest BCUT2D eigenvalue weighted by atomic mass is 10.1. The molecular formula is C14H13ClF3N5O4. The van der Waals surface area contributed by atoms with E-state index in [1.54, 1.807) is 0 Å². The Kier molecular flexibility index (Phi) is 6.20. The van der Waals surface area contributed by atoms with Crippen molar-refractivity contribution in [3.8, 4) is 0 Å². The lowest BCUT2D eigenvalue weighted by molar-refractivity contribution is -0.139. The number of carbonyl (C=O) groups is 3. The van der Waals surface area contributed by atoms with Gasteiger partial charge in [0.1, 0.15) is 12.9 Å². The van der Waals surface area contributed by atoms with Gasteiger partial charge in [-0.2, -0.15) is 13.2 Å².